The Balaban J connectivity index is 2.07. The van der Waals surface area contributed by atoms with Crippen LogP contribution in [0.2, 0.25) is 0 Å². The molecule has 112 valence electrons. The number of likely N-dealkylation sites (N-methyl/N-ethyl adjacent to an activating group) is 1. The maximum Gasteiger partial charge on any atom is 0.282 e. The molecule has 1 aromatic carbocycles. The molecule has 0 saturated heterocycles. The fraction of sp³-hybridized carbons (Fsp3) is 0.429. The summed E-state index contributed by atoms with van der Waals surface area (Å²) >= 11 is 0. The van der Waals surface area contributed by atoms with E-state index >= 15 is 0 Å². The molecule has 0 spiro atoms. The lowest BCUT2D eigenvalue weighted by Crippen LogP contribution is -3.09. The zero-order valence-electron chi connectivity index (χ0n) is 12.3. The minimum Gasteiger partial charge on any atom is -0.351 e. The maximum atomic E-state index is 12.3. The highest BCUT2D eigenvalue weighted by molar-refractivity contribution is 5.77. The molecule has 1 atom stereocenters. The number of hydrogen-bond acceptors (Lipinski definition) is 4. The number of carbonyl (C=O) groups is 1. The van der Waals surface area contributed by atoms with Gasteiger partial charge < -0.3 is 10.2 Å². The molecule has 1 unspecified atom stereocenters. The summed E-state index contributed by atoms with van der Waals surface area (Å²) in [6.45, 7) is 3.26. The van der Waals surface area contributed by atoms with E-state index in [0.29, 0.717) is 30.7 Å². The molecule has 1 heterocycles. The van der Waals surface area contributed by atoms with E-state index in [1.165, 1.54) is 4.68 Å². The number of quaternary nitrogens is 1. The summed E-state index contributed by atoms with van der Waals surface area (Å²) < 4.78 is 1.30. The summed E-state index contributed by atoms with van der Waals surface area (Å²) in [7, 11) is 1.84. The van der Waals surface area contributed by atoms with E-state index in [1.807, 2.05) is 20.0 Å². The van der Waals surface area contributed by atoms with Crippen LogP contribution in [-0.2, 0) is 11.5 Å². The molecule has 2 rings (SSSR count). The molecule has 7 heteroatoms. The highest BCUT2D eigenvalue weighted by atomic mass is 16.2. The van der Waals surface area contributed by atoms with Crippen molar-refractivity contribution in [1.82, 2.24) is 20.3 Å². The van der Waals surface area contributed by atoms with Gasteiger partial charge in [0, 0.05) is 6.54 Å². The number of nitrogens with zero attached hydrogens (tertiary/aromatic N) is 3. The van der Waals surface area contributed by atoms with Gasteiger partial charge >= 0.3 is 0 Å². The monoisotopic (exact) mass is 290 g/mol. The summed E-state index contributed by atoms with van der Waals surface area (Å²) in [4.78, 5) is 24.8. The second-order valence-corrected chi connectivity index (χ2v) is 5.05. The predicted octanol–water partition coefficient (Wildman–Crippen LogP) is -1.21. The number of rotatable bonds is 6. The second-order valence-electron chi connectivity index (χ2n) is 5.05. The summed E-state index contributed by atoms with van der Waals surface area (Å²) in [5.41, 5.74) is 0.394. The maximum absolute atomic E-state index is 12.3. The number of amides is 1. The standard InChI is InChI=1S/C14H19N5O2/c1-3-8-15-13(20)9-18(2)10-19-14(21)11-6-4-5-7-12(11)16-17-19/h4-7H,3,8-10H2,1-2H3,(H,15,20)/p+1. The Morgan fingerprint density at radius 3 is 2.90 bits per heavy atom. The third kappa shape index (κ3) is 3.85. The van der Waals surface area contributed by atoms with E-state index in [1.54, 1.807) is 18.2 Å². The topological polar surface area (TPSA) is 81.3 Å². The molecule has 0 saturated carbocycles. The number of hydrogen-bond donors (Lipinski definition) is 2. The zero-order valence-corrected chi connectivity index (χ0v) is 12.3. The first kappa shape index (κ1) is 15.1. The number of carbonyl (C=O) groups excluding carboxylic acids is 1. The first-order valence-corrected chi connectivity index (χ1v) is 7.02. The summed E-state index contributed by atoms with van der Waals surface area (Å²) in [5, 5.41) is 11.3. The van der Waals surface area contributed by atoms with Gasteiger partial charge in [0.2, 0.25) is 0 Å². The molecule has 0 aliphatic heterocycles. The molecule has 0 bridgehead atoms. The van der Waals surface area contributed by atoms with Gasteiger partial charge in [-0.15, -0.1) is 5.10 Å². The Morgan fingerprint density at radius 1 is 1.38 bits per heavy atom. The molecule has 0 aliphatic rings. The average Bonchev–Trinajstić information content (AvgIpc) is 2.48. The molecule has 2 N–H and O–H groups in total. The molecule has 2 aromatic rings. The van der Waals surface area contributed by atoms with Gasteiger partial charge in [-0.1, -0.05) is 24.3 Å². The lowest BCUT2D eigenvalue weighted by Gasteiger charge is -2.14. The second kappa shape index (κ2) is 6.94. The number of fused-ring (bicyclic) bond motifs is 1. The number of benzene rings is 1. The van der Waals surface area contributed by atoms with Gasteiger partial charge in [0.25, 0.3) is 11.5 Å². The Bertz CT molecular complexity index is 682. The van der Waals surface area contributed by atoms with Crippen LogP contribution in [0.1, 0.15) is 13.3 Å². The van der Waals surface area contributed by atoms with Crippen molar-refractivity contribution in [3.8, 4) is 0 Å². The molecular weight excluding hydrogens is 270 g/mol. The van der Waals surface area contributed by atoms with Gasteiger partial charge in [-0.3, -0.25) is 9.59 Å². The van der Waals surface area contributed by atoms with Crippen molar-refractivity contribution in [3.63, 3.8) is 0 Å². The molecule has 21 heavy (non-hydrogen) atoms. The van der Waals surface area contributed by atoms with Crippen LogP contribution in [0.15, 0.2) is 29.1 Å². The van der Waals surface area contributed by atoms with Crippen LogP contribution in [0.3, 0.4) is 0 Å². The lowest BCUT2D eigenvalue weighted by atomic mass is 10.2. The van der Waals surface area contributed by atoms with Crippen LogP contribution in [0.5, 0.6) is 0 Å². The highest BCUT2D eigenvalue weighted by Gasteiger charge is 2.12. The van der Waals surface area contributed by atoms with Crippen molar-refractivity contribution in [1.29, 1.82) is 0 Å². The summed E-state index contributed by atoms with van der Waals surface area (Å²) in [6.07, 6.45) is 0.903. The first-order chi connectivity index (χ1) is 10.1. The average molecular weight is 290 g/mol. The van der Waals surface area contributed by atoms with Crippen molar-refractivity contribution in [2.45, 2.75) is 20.0 Å². The van der Waals surface area contributed by atoms with E-state index < -0.39 is 0 Å². The molecule has 0 fully saturated rings. The molecule has 1 aromatic heterocycles. The Labute approximate surface area is 122 Å². The summed E-state index contributed by atoms with van der Waals surface area (Å²) in [6, 6.07) is 7.09. The Hall–Kier alpha value is -2.28. The van der Waals surface area contributed by atoms with Gasteiger partial charge in [0.05, 0.1) is 12.4 Å². The van der Waals surface area contributed by atoms with E-state index in [4.69, 9.17) is 0 Å². The SMILES string of the molecule is CCCNC(=O)C[NH+](C)Cn1nnc2ccccc2c1=O. The van der Waals surface area contributed by atoms with Gasteiger partial charge in [-0.2, -0.15) is 4.68 Å². The van der Waals surface area contributed by atoms with Crippen LogP contribution in [-0.4, -0.2) is 41.0 Å². The quantitative estimate of drug-likeness (QED) is 0.699. The van der Waals surface area contributed by atoms with Crippen molar-refractivity contribution in [3.05, 3.63) is 34.6 Å². The van der Waals surface area contributed by atoms with E-state index in [-0.39, 0.29) is 11.5 Å². The lowest BCUT2D eigenvalue weighted by molar-refractivity contribution is -0.896. The van der Waals surface area contributed by atoms with Crippen LogP contribution < -0.4 is 15.8 Å². The molecule has 0 radical (unpaired) electrons. The molecular formula is C14H20N5O2+. The van der Waals surface area contributed by atoms with Gasteiger partial charge in [-0.25, -0.2) is 0 Å². The third-order valence-electron chi connectivity index (χ3n) is 3.08. The van der Waals surface area contributed by atoms with Gasteiger partial charge in [0.15, 0.2) is 13.2 Å². The van der Waals surface area contributed by atoms with E-state index in [0.717, 1.165) is 11.3 Å². The Morgan fingerprint density at radius 2 is 2.14 bits per heavy atom. The van der Waals surface area contributed by atoms with Gasteiger partial charge in [-0.05, 0) is 18.6 Å². The van der Waals surface area contributed by atoms with Crippen LogP contribution in [0.25, 0.3) is 10.9 Å². The zero-order chi connectivity index (χ0) is 15.2. The third-order valence-corrected chi connectivity index (χ3v) is 3.08. The van der Waals surface area contributed by atoms with Crippen LogP contribution in [0.4, 0.5) is 0 Å². The van der Waals surface area contributed by atoms with Crippen molar-refractivity contribution in [2.75, 3.05) is 20.1 Å². The summed E-state index contributed by atoms with van der Waals surface area (Å²) in [5.74, 6) is -0.0313. The normalized spacial score (nSPS) is 12.3. The minimum absolute atomic E-state index is 0.0313. The van der Waals surface area contributed by atoms with Crippen LogP contribution in [0, 0.1) is 0 Å². The number of nitrogens with one attached hydrogen (secondary N) is 2. The molecule has 7 nitrogen and oxygen atoms in total. The van der Waals surface area contributed by atoms with E-state index in [9.17, 15) is 9.59 Å². The smallest absolute Gasteiger partial charge is 0.282 e. The largest absolute Gasteiger partial charge is 0.351 e. The molecule has 0 aliphatic carbocycles. The van der Waals surface area contributed by atoms with Crippen LogP contribution >= 0.6 is 0 Å². The van der Waals surface area contributed by atoms with Crippen molar-refractivity contribution in [2.24, 2.45) is 0 Å². The van der Waals surface area contributed by atoms with Crippen molar-refractivity contribution >= 4 is 16.8 Å². The fourth-order valence-electron chi connectivity index (χ4n) is 2.04. The number of aromatic nitrogens is 3. The van der Waals surface area contributed by atoms with Gasteiger partial charge in [0.1, 0.15) is 5.52 Å². The fourth-order valence-corrected chi connectivity index (χ4v) is 2.04. The van der Waals surface area contributed by atoms with E-state index in [2.05, 4.69) is 15.6 Å². The minimum atomic E-state index is -0.186. The molecule has 1 amide bonds. The Kier molecular flexibility index (Phi) is 4.99. The highest BCUT2D eigenvalue weighted by Crippen LogP contribution is 2.02. The first-order valence-electron chi connectivity index (χ1n) is 7.02. The predicted molar refractivity (Wildman–Crippen MR) is 78.9 cm³/mol. The van der Waals surface area contributed by atoms with Crippen molar-refractivity contribution < 1.29 is 9.69 Å².